The van der Waals surface area contributed by atoms with Gasteiger partial charge in [0.05, 0.1) is 6.61 Å². The van der Waals surface area contributed by atoms with Crippen molar-refractivity contribution in [2.45, 2.75) is 50.7 Å². The standard InChI is InChI=1S/C10H18O5/c1-9(2)14-7-6(5-12-4)13-8(11)10(7,3)15-9/h6-8,11H,5H2,1-4H3/t6-,7-,8?,10-/m1/s1. The number of methoxy groups -OCH3 is 1. The lowest BCUT2D eigenvalue weighted by atomic mass is 9.98. The Hall–Kier alpha value is -0.200. The van der Waals surface area contributed by atoms with E-state index in [-0.39, 0.29) is 12.2 Å². The number of aliphatic hydroxyl groups excluding tert-OH is 1. The van der Waals surface area contributed by atoms with Crippen LogP contribution in [0.25, 0.3) is 0 Å². The summed E-state index contributed by atoms with van der Waals surface area (Å²) in [6.07, 6.45) is -1.54. The maximum atomic E-state index is 9.81. The SMILES string of the molecule is COC[C@H]1OC(O)[C@]2(C)OC(C)(C)O[C@H]12. The third-order valence-electron chi connectivity index (χ3n) is 2.90. The molecular formula is C10H18O5. The fourth-order valence-corrected chi connectivity index (χ4v) is 2.33. The van der Waals surface area contributed by atoms with Gasteiger partial charge in [-0.1, -0.05) is 0 Å². The van der Waals surface area contributed by atoms with Crippen molar-refractivity contribution in [3.05, 3.63) is 0 Å². The van der Waals surface area contributed by atoms with Crippen LogP contribution >= 0.6 is 0 Å². The van der Waals surface area contributed by atoms with Crippen molar-refractivity contribution in [2.24, 2.45) is 0 Å². The maximum Gasteiger partial charge on any atom is 0.187 e. The van der Waals surface area contributed by atoms with Gasteiger partial charge in [0.2, 0.25) is 0 Å². The van der Waals surface area contributed by atoms with Crippen LogP contribution in [0.5, 0.6) is 0 Å². The summed E-state index contributed by atoms with van der Waals surface area (Å²) in [5, 5.41) is 9.81. The summed E-state index contributed by atoms with van der Waals surface area (Å²) in [5.74, 6) is -0.684. The van der Waals surface area contributed by atoms with E-state index in [4.69, 9.17) is 18.9 Å². The van der Waals surface area contributed by atoms with Gasteiger partial charge in [-0.15, -0.1) is 0 Å². The Morgan fingerprint density at radius 2 is 2.00 bits per heavy atom. The fourth-order valence-electron chi connectivity index (χ4n) is 2.33. The lowest BCUT2D eigenvalue weighted by molar-refractivity contribution is -0.245. The van der Waals surface area contributed by atoms with Gasteiger partial charge in [0.1, 0.15) is 17.8 Å². The van der Waals surface area contributed by atoms with Crippen molar-refractivity contribution >= 4 is 0 Å². The Morgan fingerprint density at radius 3 is 2.60 bits per heavy atom. The van der Waals surface area contributed by atoms with E-state index in [2.05, 4.69) is 0 Å². The molecule has 0 aromatic heterocycles. The zero-order valence-electron chi connectivity index (χ0n) is 9.52. The van der Waals surface area contributed by atoms with Crippen LogP contribution in [0.2, 0.25) is 0 Å². The molecule has 0 radical (unpaired) electrons. The molecule has 0 aliphatic carbocycles. The predicted molar refractivity (Wildman–Crippen MR) is 51.2 cm³/mol. The molecule has 15 heavy (non-hydrogen) atoms. The van der Waals surface area contributed by atoms with Crippen LogP contribution in [0.3, 0.4) is 0 Å². The molecule has 2 aliphatic heterocycles. The molecule has 0 saturated carbocycles. The summed E-state index contributed by atoms with van der Waals surface area (Å²) in [6, 6.07) is 0. The average Bonchev–Trinajstić information content (AvgIpc) is 2.46. The van der Waals surface area contributed by atoms with E-state index in [0.717, 1.165) is 0 Å². The van der Waals surface area contributed by atoms with Gasteiger partial charge in [-0.3, -0.25) is 0 Å². The highest BCUT2D eigenvalue weighted by atomic mass is 16.8. The lowest BCUT2D eigenvalue weighted by Crippen LogP contribution is -2.43. The zero-order valence-corrected chi connectivity index (χ0v) is 9.52. The van der Waals surface area contributed by atoms with Gasteiger partial charge in [-0.25, -0.2) is 0 Å². The molecule has 0 aromatic carbocycles. The minimum absolute atomic E-state index is 0.281. The van der Waals surface area contributed by atoms with E-state index >= 15 is 0 Å². The fraction of sp³-hybridized carbons (Fsp3) is 1.00. The Balaban J connectivity index is 2.19. The molecule has 0 bridgehead atoms. The van der Waals surface area contributed by atoms with E-state index < -0.39 is 17.7 Å². The quantitative estimate of drug-likeness (QED) is 0.720. The van der Waals surface area contributed by atoms with Gasteiger partial charge >= 0.3 is 0 Å². The van der Waals surface area contributed by atoms with Crippen LogP contribution in [0.4, 0.5) is 0 Å². The average molecular weight is 218 g/mol. The van der Waals surface area contributed by atoms with Gasteiger partial charge in [-0.2, -0.15) is 0 Å². The van der Waals surface area contributed by atoms with E-state index in [1.165, 1.54) is 0 Å². The highest BCUT2D eigenvalue weighted by molar-refractivity contribution is 5.04. The second kappa shape index (κ2) is 3.40. The molecule has 5 nitrogen and oxygen atoms in total. The first kappa shape index (κ1) is 11.3. The molecule has 5 heteroatoms. The highest BCUT2D eigenvalue weighted by Crippen LogP contribution is 2.45. The third kappa shape index (κ3) is 1.68. The van der Waals surface area contributed by atoms with Crippen LogP contribution in [0.15, 0.2) is 0 Å². The van der Waals surface area contributed by atoms with Crippen molar-refractivity contribution in [1.29, 1.82) is 0 Å². The van der Waals surface area contributed by atoms with Crippen LogP contribution < -0.4 is 0 Å². The lowest BCUT2D eigenvalue weighted by Gasteiger charge is -2.25. The summed E-state index contributed by atoms with van der Waals surface area (Å²) in [4.78, 5) is 0. The Bertz CT molecular complexity index is 254. The molecule has 0 aromatic rings. The summed E-state index contributed by atoms with van der Waals surface area (Å²) in [7, 11) is 1.59. The second-order valence-electron chi connectivity index (χ2n) is 4.71. The van der Waals surface area contributed by atoms with Gasteiger partial charge in [-0.05, 0) is 20.8 Å². The first-order valence-corrected chi connectivity index (χ1v) is 5.09. The highest BCUT2D eigenvalue weighted by Gasteiger charge is 2.63. The molecule has 2 saturated heterocycles. The van der Waals surface area contributed by atoms with Gasteiger partial charge in [0, 0.05) is 7.11 Å². The normalized spacial score (nSPS) is 48.2. The molecule has 4 atom stereocenters. The van der Waals surface area contributed by atoms with E-state index in [9.17, 15) is 5.11 Å². The largest absolute Gasteiger partial charge is 0.382 e. The van der Waals surface area contributed by atoms with Crippen LogP contribution in [0, 0.1) is 0 Å². The van der Waals surface area contributed by atoms with Crippen LogP contribution in [-0.4, -0.2) is 48.7 Å². The number of hydrogen-bond acceptors (Lipinski definition) is 5. The topological polar surface area (TPSA) is 57.2 Å². The molecule has 2 aliphatic rings. The number of rotatable bonds is 2. The van der Waals surface area contributed by atoms with Crippen molar-refractivity contribution < 1.29 is 24.1 Å². The monoisotopic (exact) mass is 218 g/mol. The zero-order chi connectivity index (χ0) is 11.3. The Morgan fingerprint density at radius 1 is 1.33 bits per heavy atom. The summed E-state index contributed by atoms with van der Waals surface area (Å²) in [5.41, 5.74) is -0.799. The Labute approximate surface area is 89.3 Å². The summed E-state index contributed by atoms with van der Waals surface area (Å²) in [6.45, 7) is 5.84. The van der Waals surface area contributed by atoms with Crippen molar-refractivity contribution in [1.82, 2.24) is 0 Å². The molecule has 1 unspecified atom stereocenters. The minimum atomic E-state index is -0.968. The molecule has 1 N–H and O–H groups in total. The number of fused-ring (bicyclic) bond motifs is 1. The molecule has 0 amide bonds. The minimum Gasteiger partial charge on any atom is -0.382 e. The molecule has 2 fully saturated rings. The molecular weight excluding hydrogens is 200 g/mol. The first-order valence-electron chi connectivity index (χ1n) is 5.09. The van der Waals surface area contributed by atoms with Gasteiger partial charge in [0.25, 0.3) is 0 Å². The predicted octanol–water partition coefficient (Wildman–Crippen LogP) is 0.260. The van der Waals surface area contributed by atoms with Crippen LogP contribution in [0.1, 0.15) is 20.8 Å². The molecule has 88 valence electrons. The van der Waals surface area contributed by atoms with Crippen molar-refractivity contribution in [2.75, 3.05) is 13.7 Å². The van der Waals surface area contributed by atoms with E-state index in [0.29, 0.717) is 6.61 Å². The Kier molecular flexibility index (Phi) is 2.56. The van der Waals surface area contributed by atoms with E-state index in [1.807, 2.05) is 13.8 Å². The second-order valence-corrected chi connectivity index (χ2v) is 4.71. The summed E-state index contributed by atoms with van der Waals surface area (Å²) < 4.78 is 21.8. The number of ether oxygens (including phenoxy) is 4. The summed E-state index contributed by atoms with van der Waals surface area (Å²) >= 11 is 0. The molecule has 2 heterocycles. The smallest absolute Gasteiger partial charge is 0.187 e. The maximum absolute atomic E-state index is 9.81. The van der Waals surface area contributed by atoms with Crippen LogP contribution in [-0.2, 0) is 18.9 Å². The number of aliphatic hydroxyl groups is 1. The molecule has 2 rings (SSSR count). The third-order valence-corrected chi connectivity index (χ3v) is 2.90. The van der Waals surface area contributed by atoms with Gasteiger partial charge in [0.15, 0.2) is 12.1 Å². The molecule has 0 spiro atoms. The van der Waals surface area contributed by atoms with Crippen molar-refractivity contribution in [3.8, 4) is 0 Å². The van der Waals surface area contributed by atoms with Gasteiger partial charge < -0.3 is 24.1 Å². The van der Waals surface area contributed by atoms with E-state index in [1.54, 1.807) is 14.0 Å². The van der Waals surface area contributed by atoms with Crippen molar-refractivity contribution in [3.63, 3.8) is 0 Å². The number of hydrogen-bond donors (Lipinski definition) is 1. The first-order chi connectivity index (χ1) is 6.89.